The molecule has 1 N–H and O–H groups in total. The van der Waals surface area contributed by atoms with Crippen LogP contribution < -0.4 is 0 Å². The molecule has 4 nitrogen and oxygen atoms in total. The number of rotatable bonds is 3. The molecule has 0 saturated heterocycles. The Hall–Kier alpha value is -2.06. The number of allylic oxidation sites excluding steroid dienone is 1. The third kappa shape index (κ3) is 2.79. The van der Waals surface area contributed by atoms with E-state index in [-0.39, 0.29) is 6.08 Å². The smallest absolute Gasteiger partial charge is 0.461 e. The molecule has 98 valence electrons. The van der Waals surface area contributed by atoms with Crippen molar-refractivity contribution in [2.24, 2.45) is 0 Å². The molecule has 0 atom stereocenters. The van der Waals surface area contributed by atoms with Gasteiger partial charge in [-0.1, -0.05) is 0 Å². The van der Waals surface area contributed by atoms with Crippen molar-refractivity contribution in [3.8, 4) is 0 Å². The lowest BCUT2D eigenvalue weighted by molar-refractivity contribution is -0.266. The molecular formula is C9H5F5N2O2. The van der Waals surface area contributed by atoms with E-state index in [2.05, 4.69) is 9.97 Å². The maximum atomic E-state index is 12.5. The molecule has 0 aliphatic heterocycles. The number of aliphatic hydroxyl groups is 1. The van der Waals surface area contributed by atoms with Gasteiger partial charge in [0.15, 0.2) is 0 Å². The third-order valence-electron chi connectivity index (χ3n) is 1.76. The summed E-state index contributed by atoms with van der Waals surface area (Å²) in [6.07, 6.45) is -3.12. The lowest BCUT2D eigenvalue weighted by Crippen LogP contribution is -2.43. The molecule has 1 aromatic heterocycles. The van der Waals surface area contributed by atoms with Gasteiger partial charge in [-0.15, -0.1) is 0 Å². The van der Waals surface area contributed by atoms with Crippen LogP contribution in [0.2, 0.25) is 0 Å². The van der Waals surface area contributed by atoms with Crippen molar-refractivity contribution in [1.29, 1.82) is 0 Å². The molecule has 0 amide bonds. The normalized spacial score (nSPS) is 13.5. The van der Waals surface area contributed by atoms with Crippen LogP contribution in [0.25, 0.3) is 5.76 Å². The average molecular weight is 268 g/mol. The standard InChI is InChI=1S/C9H5F5N2O2/c10-8(11,9(12,13)14)7(18)3-6(17)5-4-15-1-2-16-5/h1-4,17H/b6-3-. The molecular weight excluding hydrogens is 263 g/mol. The van der Waals surface area contributed by atoms with E-state index in [1.54, 1.807) is 0 Å². The number of aromatic nitrogens is 2. The van der Waals surface area contributed by atoms with Crippen molar-refractivity contribution in [3.63, 3.8) is 0 Å². The van der Waals surface area contributed by atoms with Crippen LogP contribution in [0, 0.1) is 0 Å². The van der Waals surface area contributed by atoms with E-state index < -0.39 is 29.3 Å². The van der Waals surface area contributed by atoms with Crippen LogP contribution >= 0.6 is 0 Å². The van der Waals surface area contributed by atoms with Crippen LogP contribution in [0.3, 0.4) is 0 Å². The first-order valence-electron chi connectivity index (χ1n) is 4.32. The molecule has 0 fully saturated rings. The topological polar surface area (TPSA) is 63.1 Å². The second kappa shape index (κ2) is 4.67. The molecule has 0 spiro atoms. The van der Waals surface area contributed by atoms with Gasteiger partial charge in [-0.05, 0) is 0 Å². The largest absolute Gasteiger partial charge is 0.505 e. The fourth-order valence-corrected chi connectivity index (χ4v) is 0.860. The van der Waals surface area contributed by atoms with Crippen LogP contribution in [0.1, 0.15) is 5.69 Å². The minimum Gasteiger partial charge on any atom is -0.505 e. The van der Waals surface area contributed by atoms with E-state index in [4.69, 9.17) is 5.11 Å². The van der Waals surface area contributed by atoms with Crippen molar-refractivity contribution in [1.82, 2.24) is 9.97 Å². The molecule has 1 rings (SSSR count). The first-order valence-corrected chi connectivity index (χ1v) is 4.32. The third-order valence-corrected chi connectivity index (χ3v) is 1.76. The molecule has 18 heavy (non-hydrogen) atoms. The number of carbonyl (C=O) groups excluding carboxylic acids is 1. The van der Waals surface area contributed by atoms with Gasteiger partial charge in [-0.3, -0.25) is 9.78 Å². The second-order valence-electron chi connectivity index (χ2n) is 3.06. The summed E-state index contributed by atoms with van der Waals surface area (Å²) in [6, 6.07) is 0. The van der Waals surface area contributed by atoms with E-state index in [9.17, 15) is 26.7 Å². The summed E-state index contributed by atoms with van der Waals surface area (Å²) in [4.78, 5) is 17.6. The van der Waals surface area contributed by atoms with Gasteiger partial charge < -0.3 is 5.11 Å². The summed E-state index contributed by atoms with van der Waals surface area (Å²) in [5.41, 5.74) is -0.399. The van der Waals surface area contributed by atoms with Crippen molar-refractivity contribution in [2.75, 3.05) is 0 Å². The zero-order valence-corrected chi connectivity index (χ0v) is 8.45. The average Bonchev–Trinajstić information content (AvgIpc) is 2.28. The number of ketones is 1. The van der Waals surface area contributed by atoms with Gasteiger partial charge in [-0.2, -0.15) is 22.0 Å². The Bertz CT molecular complexity index is 470. The Kier molecular flexibility index (Phi) is 3.63. The van der Waals surface area contributed by atoms with E-state index in [0.717, 1.165) is 12.4 Å². The van der Waals surface area contributed by atoms with Gasteiger partial charge in [0, 0.05) is 18.5 Å². The molecule has 0 aromatic carbocycles. The molecule has 9 heteroatoms. The van der Waals surface area contributed by atoms with Crippen LogP contribution in [0.15, 0.2) is 24.7 Å². The van der Waals surface area contributed by atoms with E-state index in [1.165, 1.54) is 6.20 Å². The summed E-state index contributed by atoms with van der Waals surface area (Å²) >= 11 is 0. The second-order valence-corrected chi connectivity index (χ2v) is 3.06. The SMILES string of the molecule is O=C(/C=C(\O)c1cnccn1)C(F)(F)C(F)(F)F. The van der Waals surface area contributed by atoms with Crippen LogP contribution in [-0.2, 0) is 4.79 Å². The quantitative estimate of drug-likeness (QED) is 0.518. The number of aliphatic hydroxyl groups excluding tert-OH is 1. The predicted octanol–water partition coefficient (Wildman–Crippen LogP) is 2.14. The summed E-state index contributed by atoms with van der Waals surface area (Å²) in [6.45, 7) is 0. The lowest BCUT2D eigenvalue weighted by atomic mass is 10.1. The highest BCUT2D eigenvalue weighted by Crippen LogP contribution is 2.36. The molecule has 0 unspecified atom stereocenters. The monoisotopic (exact) mass is 268 g/mol. The summed E-state index contributed by atoms with van der Waals surface area (Å²) in [7, 11) is 0. The highest BCUT2D eigenvalue weighted by molar-refractivity contribution is 6.00. The number of alkyl halides is 5. The van der Waals surface area contributed by atoms with Crippen molar-refractivity contribution in [3.05, 3.63) is 30.4 Å². The summed E-state index contributed by atoms with van der Waals surface area (Å²) in [5, 5.41) is 9.16. The lowest BCUT2D eigenvalue weighted by Gasteiger charge is -2.16. The Morgan fingerprint density at radius 2 is 1.83 bits per heavy atom. The zero-order chi connectivity index (χ0) is 14.0. The Morgan fingerprint density at radius 3 is 2.28 bits per heavy atom. The minimum absolute atomic E-state index is 0.239. The van der Waals surface area contributed by atoms with Crippen LogP contribution in [-0.4, -0.2) is 33.0 Å². The maximum Gasteiger partial charge on any atom is 0.461 e. The fourth-order valence-electron chi connectivity index (χ4n) is 0.860. The fraction of sp³-hybridized carbons (Fsp3) is 0.222. The Morgan fingerprint density at radius 1 is 1.22 bits per heavy atom. The Labute approximate surface area is 96.8 Å². The first kappa shape index (κ1) is 14.0. The van der Waals surface area contributed by atoms with Crippen LogP contribution in [0.5, 0.6) is 0 Å². The number of nitrogens with zero attached hydrogens (tertiary/aromatic N) is 2. The van der Waals surface area contributed by atoms with Gasteiger partial charge >= 0.3 is 12.1 Å². The summed E-state index contributed by atoms with van der Waals surface area (Å²) < 4.78 is 60.5. The molecule has 0 aliphatic rings. The maximum absolute atomic E-state index is 12.5. The molecule has 1 heterocycles. The minimum atomic E-state index is -6.02. The highest BCUT2D eigenvalue weighted by Gasteiger charge is 2.62. The molecule has 1 aromatic rings. The molecule has 0 aliphatic carbocycles. The van der Waals surface area contributed by atoms with Gasteiger partial charge in [0.2, 0.25) is 5.78 Å². The molecule has 0 bridgehead atoms. The van der Waals surface area contributed by atoms with Crippen molar-refractivity contribution >= 4 is 11.5 Å². The van der Waals surface area contributed by atoms with Gasteiger partial charge in [-0.25, -0.2) is 4.98 Å². The molecule has 0 saturated carbocycles. The predicted molar refractivity (Wildman–Crippen MR) is 48.6 cm³/mol. The number of halogens is 5. The van der Waals surface area contributed by atoms with E-state index in [1.807, 2.05) is 0 Å². The number of hydrogen-bond acceptors (Lipinski definition) is 4. The van der Waals surface area contributed by atoms with E-state index in [0.29, 0.717) is 0 Å². The number of hydrogen-bond donors (Lipinski definition) is 1. The van der Waals surface area contributed by atoms with Crippen molar-refractivity contribution in [2.45, 2.75) is 12.1 Å². The molecule has 0 radical (unpaired) electrons. The van der Waals surface area contributed by atoms with Crippen molar-refractivity contribution < 1.29 is 31.9 Å². The van der Waals surface area contributed by atoms with E-state index >= 15 is 0 Å². The number of carbonyl (C=O) groups is 1. The highest BCUT2D eigenvalue weighted by atomic mass is 19.4. The Balaban J connectivity index is 3.01. The van der Waals surface area contributed by atoms with Gasteiger partial charge in [0.05, 0.1) is 6.20 Å². The van der Waals surface area contributed by atoms with Gasteiger partial charge in [0.1, 0.15) is 11.5 Å². The van der Waals surface area contributed by atoms with Gasteiger partial charge in [0.25, 0.3) is 0 Å². The first-order chi connectivity index (χ1) is 8.16. The summed E-state index contributed by atoms with van der Waals surface area (Å²) in [5.74, 6) is -9.28. The van der Waals surface area contributed by atoms with Crippen LogP contribution in [0.4, 0.5) is 22.0 Å². The zero-order valence-electron chi connectivity index (χ0n) is 8.45.